The van der Waals surface area contributed by atoms with E-state index >= 15 is 4.39 Å². The number of terminal acetylenes is 1. The van der Waals surface area contributed by atoms with Gasteiger partial charge in [0.05, 0.1) is 29.3 Å². The molecule has 2 fully saturated rings. The van der Waals surface area contributed by atoms with Crippen LogP contribution in [0.5, 0.6) is 6.01 Å². The van der Waals surface area contributed by atoms with Crippen LogP contribution < -0.4 is 14.5 Å². The van der Waals surface area contributed by atoms with Gasteiger partial charge in [-0.3, -0.25) is 9.69 Å². The van der Waals surface area contributed by atoms with Gasteiger partial charge < -0.3 is 24.5 Å². The first kappa shape index (κ1) is 31.6. The minimum absolute atomic E-state index is 0.0557. The lowest BCUT2D eigenvalue weighted by atomic mass is 9.95. The predicted molar refractivity (Wildman–Crippen MR) is 168 cm³/mol. The molecule has 2 aromatic heterocycles. The summed E-state index contributed by atoms with van der Waals surface area (Å²) in [6.45, 7) is 4.91. The van der Waals surface area contributed by atoms with E-state index in [1.165, 1.54) is 29.3 Å². The number of rotatable bonds is 8. The van der Waals surface area contributed by atoms with Gasteiger partial charge in [-0.15, -0.1) is 6.42 Å². The molecule has 2 saturated heterocycles. The van der Waals surface area contributed by atoms with Gasteiger partial charge in [0.15, 0.2) is 11.6 Å². The molecule has 3 aliphatic rings. The molecule has 0 bridgehead atoms. The maximum absolute atomic E-state index is 16.7. The van der Waals surface area contributed by atoms with E-state index in [1.807, 2.05) is 16.8 Å². The highest BCUT2D eigenvalue weighted by atomic mass is 19.1. The maximum atomic E-state index is 16.7. The van der Waals surface area contributed by atoms with Crippen LogP contribution in [0.15, 0.2) is 31.0 Å². The van der Waals surface area contributed by atoms with Crippen LogP contribution in [0.4, 0.5) is 30.5 Å². The second-order valence-electron chi connectivity index (χ2n) is 12.2. The van der Waals surface area contributed by atoms with E-state index in [-0.39, 0.29) is 78.1 Å². The maximum Gasteiger partial charge on any atom is 0.319 e. The third kappa shape index (κ3) is 5.83. The number of amides is 1. The van der Waals surface area contributed by atoms with Crippen LogP contribution in [0, 0.1) is 24.0 Å². The van der Waals surface area contributed by atoms with Crippen LogP contribution in [0.2, 0.25) is 0 Å². The van der Waals surface area contributed by atoms with Gasteiger partial charge in [-0.1, -0.05) is 18.6 Å². The lowest BCUT2D eigenvalue weighted by molar-refractivity contribution is -0.126. The Hall–Kier alpha value is -4.41. The van der Waals surface area contributed by atoms with Crippen molar-refractivity contribution in [2.75, 3.05) is 56.7 Å². The first-order chi connectivity index (χ1) is 22.1. The molecule has 0 radical (unpaired) electrons. The van der Waals surface area contributed by atoms with Crippen LogP contribution in [0.3, 0.4) is 0 Å². The quantitative estimate of drug-likeness (QED) is 0.295. The Balaban J connectivity index is 1.43. The molecule has 0 aliphatic carbocycles. The van der Waals surface area contributed by atoms with Crippen LogP contribution in [-0.2, 0) is 11.2 Å². The number of carbonyl (C=O) groups excluding carboxylic acids is 1. The summed E-state index contributed by atoms with van der Waals surface area (Å²) >= 11 is 0. The van der Waals surface area contributed by atoms with E-state index in [9.17, 15) is 18.7 Å². The number of pyridine rings is 1. The molecule has 4 atom stereocenters. The first-order valence-corrected chi connectivity index (χ1v) is 15.3. The lowest BCUT2D eigenvalue weighted by Gasteiger charge is -2.34. The van der Waals surface area contributed by atoms with Crippen molar-refractivity contribution < 1.29 is 27.8 Å². The predicted octanol–water partition coefficient (Wildman–Crippen LogP) is 3.37. The van der Waals surface area contributed by atoms with Gasteiger partial charge in [-0.25, -0.2) is 18.2 Å². The summed E-state index contributed by atoms with van der Waals surface area (Å²) in [6, 6.07) is 2.30. The van der Waals surface area contributed by atoms with Gasteiger partial charge in [0, 0.05) is 51.4 Å². The average molecular weight is 636 g/mol. The van der Waals surface area contributed by atoms with Gasteiger partial charge in [0.2, 0.25) is 5.91 Å². The van der Waals surface area contributed by atoms with Crippen LogP contribution >= 0.6 is 0 Å². The molecule has 0 spiro atoms. The molecule has 0 saturated carbocycles. The molecule has 13 heteroatoms. The number of anilines is 3. The van der Waals surface area contributed by atoms with Crippen LogP contribution in [0.1, 0.15) is 30.4 Å². The molecule has 3 aromatic rings. The highest BCUT2D eigenvalue weighted by Crippen LogP contribution is 2.40. The number of likely N-dealkylation sites (N-methyl/N-ethyl adjacent to an activating group) is 2. The molecule has 1 amide bonds. The van der Waals surface area contributed by atoms with E-state index < -0.39 is 23.9 Å². The summed E-state index contributed by atoms with van der Waals surface area (Å²) < 4.78 is 51.5. The normalized spacial score (nSPS) is 23.0. The Morgan fingerprint density at radius 1 is 1.28 bits per heavy atom. The zero-order valence-corrected chi connectivity index (χ0v) is 25.8. The Bertz CT molecular complexity index is 1720. The van der Waals surface area contributed by atoms with Crippen LogP contribution in [0.25, 0.3) is 10.9 Å². The van der Waals surface area contributed by atoms with Crippen molar-refractivity contribution in [3.05, 3.63) is 53.7 Å². The fourth-order valence-corrected chi connectivity index (χ4v) is 6.80. The Morgan fingerprint density at radius 3 is 2.80 bits per heavy atom. The molecule has 1 aromatic carbocycles. The summed E-state index contributed by atoms with van der Waals surface area (Å²) in [4.78, 5) is 32.8. The van der Waals surface area contributed by atoms with Crippen molar-refractivity contribution in [2.45, 2.75) is 50.0 Å². The molecule has 242 valence electrons. The molecule has 46 heavy (non-hydrogen) atoms. The highest BCUT2D eigenvalue weighted by Gasteiger charge is 2.34. The topological polar surface area (TPSA) is 98.2 Å². The van der Waals surface area contributed by atoms with Crippen molar-refractivity contribution in [1.82, 2.24) is 24.8 Å². The van der Waals surface area contributed by atoms with Crippen molar-refractivity contribution in [1.29, 1.82) is 0 Å². The number of aliphatic hydroxyl groups is 1. The number of ether oxygens (including phenoxy) is 1. The SMILES string of the molecule is C#Cc1c(F)ccc2c1N(c1ncc3c(N(C)C[C@@H]4CCCN4C(=O)C=C)nc(OC[C@@H]4C[C@@H](F)CN4C)nc3c1F)C[C@H](O)C2. The number of aliphatic hydroxyl groups excluding tert-OH is 1. The summed E-state index contributed by atoms with van der Waals surface area (Å²) in [5.41, 5.74) is 0.661. The number of aromatic nitrogens is 3. The summed E-state index contributed by atoms with van der Waals surface area (Å²) in [5.74, 6) is 0.854. The van der Waals surface area contributed by atoms with E-state index in [0.29, 0.717) is 30.9 Å². The number of β-amino-alcohol motifs (C(OH)–C–C–N with tert-alkyl or cyclic N) is 1. The van der Waals surface area contributed by atoms with Crippen LogP contribution in [-0.4, -0.2) is 107 Å². The number of hydrogen-bond acceptors (Lipinski definition) is 9. The summed E-state index contributed by atoms with van der Waals surface area (Å²) in [7, 11) is 3.59. The van der Waals surface area contributed by atoms with Gasteiger partial charge in [0.1, 0.15) is 29.9 Å². The van der Waals surface area contributed by atoms with Gasteiger partial charge in [-0.05, 0) is 44.0 Å². The molecule has 6 rings (SSSR count). The van der Waals surface area contributed by atoms with E-state index in [4.69, 9.17) is 11.2 Å². The minimum atomic E-state index is -0.975. The van der Waals surface area contributed by atoms with E-state index in [1.54, 1.807) is 11.9 Å². The van der Waals surface area contributed by atoms with Gasteiger partial charge in [0.25, 0.3) is 0 Å². The number of alkyl halides is 1. The highest BCUT2D eigenvalue weighted by molar-refractivity contribution is 5.92. The van der Waals surface area contributed by atoms with Gasteiger partial charge >= 0.3 is 6.01 Å². The zero-order chi connectivity index (χ0) is 32.7. The Kier molecular flexibility index (Phi) is 8.76. The summed E-state index contributed by atoms with van der Waals surface area (Å²) in [6.07, 6.45) is 8.64. The molecular weight excluding hydrogens is 599 g/mol. The second-order valence-corrected chi connectivity index (χ2v) is 12.2. The molecule has 0 unspecified atom stereocenters. The van der Waals surface area contributed by atoms with Gasteiger partial charge in [-0.2, -0.15) is 9.97 Å². The standard InChI is InChI=1S/C33H36F3N7O3/c1-5-24-26(35)10-9-19-12-23(44)17-43(30(19)24)32-28(36)29-25(14-37-32)31(41(4)16-21-8-7-11-42(21)27(45)6-2)39-33(38-29)46-18-22-13-20(34)15-40(22)3/h1,6,9-10,14,20-23,44H,2,7-8,11-13,15-18H2,3-4H3/t20-,21+,22+,23-/m1/s1. The average Bonchev–Trinajstić information content (AvgIpc) is 3.63. The lowest BCUT2D eigenvalue weighted by Crippen LogP contribution is -2.42. The minimum Gasteiger partial charge on any atom is -0.462 e. The fraction of sp³-hybridized carbons (Fsp3) is 0.455. The molecular formula is C33H36F3N7O3. The third-order valence-corrected chi connectivity index (χ3v) is 9.08. The molecule has 10 nitrogen and oxygen atoms in total. The monoisotopic (exact) mass is 635 g/mol. The zero-order valence-electron chi connectivity index (χ0n) is 25.8. The van der Waals surface area contributed by atoms with Crippen molar-refractivity contribution in [3.8, 4) is 18.4 Å². The largest absolute Gasteiger partial charge is 0.462 e. The van der Waals surface area contributed by atoms with Crippen molar-refractivity contribution in [2.24, 2.45) is 0 Å². The number of likely N-dealkylation sites (tertiary alicyclic amines) is 2. The number of fused-ring (bicyclic) bond motifs is 2. The number of benzene rings is 1. The molecule has 5 heterocycles. The molecule has 3 aliphatic heterocycles. The fourth-order valence-electron chi connectivity index (χ4n) is 6.80. The summed E-state index contributed by atoms with van der Waals surface area (Å²) in [5, 5.41) is 10.9. The Morgan fingerprint density at radius 2 is 2.09 bits per heavy atom. The second kappa shape index (κ2) is 12.8. The first-order valence-electron chi connectivity index (χ1n) is 15.3. The smallest absolute Gasteiger partial charge is 0.319 e. The Labute approximate surface area is 265 Å². The third-order valence-electron chi connectivity index (χ3n) is 9.08. The molecule has 1 N–H and O–H groups in total. The van der Waals surface area contributed by atoms with E-state index in [0.717, 1.165) is 12.8 Å². The van der Waals surface area contributed by atoms with Crippen molar-refractivity contribution >= 4 is 34.1 Å². The number of nitrogens with zero attached hydrogens (tertiary/aromatic N) is 7. The van der Waals surface area contributed by atoms with E-state index in [2.05, 4.69) is 27.5 Å². The number of hydrogen-bond donors (Lipinski definition) is 1. The number of halogens is 3. The van der Waals surface area contributed by atoms with Crippen molar-refractivity contribution in [3.63, 3.8) is 0 Å². The number of carbonyl (C=O) groups is 1.